The van der Waals surface area contributed by atoms with E-state index in [1.54, 1.807) is 31.4 Å². The summed E-state index contributed by atoms with van der Waals surface area (Å²) in [5.74, 6) is -0.357. The third kappa shape index (κ3) is 4.34. The Labute approximate surface area is 211 Å². The van der Waals surface area contributed by atoms with Crippen LogP contribution < -0.4 is 24.6 Å². The van der Waals surface area contributed by atoms with E-state index in [4.69, 9.17) is 9.47 Å². The molecule has 1 N–H and O–H groups in total. The normalized spacial score (nSPS) is 18.1. The van der Waals surface area contributed by atoms with Gasteiger partial charge in [-0.1, -0.05) is 13.0 Å². The molecule has 4 amide bonds. The molecule has 0 atom stereocenters. The van der Waals surface area contributed by atoms with Crippen molar-refractivity contribution in [1.29, 1.82) is 0 Å². The minimum atomic E-state index is -0.805. The van der Waals surface area contributed by atoms with E-state index in [0.29, 0.717) is 22.7 Å². The van der Waals surface area contributed by atoms with Crippen molar-refractivity contribution in [2.24, 2.45) is 0 Å². The van der Waals surface area contributed by atoms with Gasteiger partial charge in [0, 0.05) is 29.4 Å². The molecule has 0 bridgehead atoms. The first kappa shape index (κ1) is 25.0. The van der Waals surface area contributed by atoms with Crippen molar-refractivity contribution in [1.82, 2.24) is 5.32 Å². The summed E-state index contributed by atoms with van der Waals surface area (Å²) in [4.78, 5) is 41.9. The van der Waals surface area contributed by atoms with Crippen LogP contribution in [0.5, 0.6) is 11.5 Å². The first-order valence-electron chi connectivity index (χ1n) is 11.9. The van der Waals surface area contributed by atoms with Crippen LogP contribution >= 0.6 is 0 Å². The lowest BCUT2D eigenvalue weighted by Crippen LogP contribution is -2.54. The molecule has 36 heavy (non-hydrogen) atoms. The number of rotatable bonds is 6. The molecule has 0 radical (unpaired) electrons. The van der Waals surface area contributed by atoms with Crippen molar-refractivity contribution in [2.75, 3.05) is 30.6 Å². The first-order valence-corrected chi connectivity index (χ1v) is 11.9. The lowest BCUT2D eigenvalue weighted by atomic mass is 9.87. The predicted molar refractivity (Wildman–Crippen MR) is 140 cm³/mol. The monoisotopic (exact) mass is 489 g/mol. The Bertz CT molecular complexity index is 1290. The summed E-state index contributed by atoms with van der Waals surface area (Å²) in [6, 6.07) is 9.53. The van der Waals surface area contributed by atoms with Gasteiger partial charge < -0.3 is 14.4 Å². The quantitative estimate of drug-likeness (QED) is 0.464. The molecule has 2 aliphatic heterocycles. The molecule has 0 spiro atoms. The summed E-state index contributed by atoms with van der Waals surface area (Å²) in [6.07, 6.45) is 4.68. The lowest BCUT2D eigenvalue weighted by molar-refractivity contribution is -0.122. The maximum atomic E-state index is 13.4. The molecule has 2 aromatic rings. The molecule has 4 rings (SSSR count). The number of hydrogen-bond donors (Lipinski definition) is 1. The number of ether oxygens (including phenoxy) is 2. The van der Waals surface area contributed by atoms with Gasteiger partial charge in [0.2, 0.25) is 0 Å². The van der Waals surface area contributed by atoms with Crippen molar-refractivity contribution in [3.63, 3.8) is 0 Å². The fourth-order valence-electron chi connectivity index (χ4n) is 4.82. The molecule has 2 aliphatic rings. The molecule has 1 fully saturated rings. The van der Waals surface area contributed by atoms with E-state index in [1.807, 2.05) is 12.1 Å². The fraction of sp³-hybridized carbons (Fsp3) is 0.321. The minimum Gasteiger partial charge on any atom is -0.497 e. The number of carbonyl (C=O) groups is 3. The highest BCUT2D eigenvalue weighted by molar-refractivity contribution is 6.39. The highest BCUT2D eigenvalue weighted by Crippen LogP contribution is 2.43. The SMILES string of the molecule is CCCN1c2cc(OC)c(/C=C3/C(=O)NC(=O)N(c4ccc(OC)cc4)C3=O)cc2C(C)=CC1(C)C. The number of hydrogen-bond acceptors (Lipinski definition) is 6. The Morgan fingerprint density at radius 3 is 2.33 bits per heavy atom. The summed E-state index contributed by atoms with van der Waals surface area (Å²) in [5, 5.41) is 2.27. The molecule has 0 saturated carbocycles. The van der Waals surface area contributed by atoms with Crippen LogP contribution in [0.1, 0.15) is 45.2 Å². The van der Waals surface area contributed by atoms with Gasteiger partial charge in [-0.05, 0) is 69.2 Å². The van der Waals surface area contributed by atoms with E-state index in [-0.39, 0.29) is 11.1 Å². The second-order valence-electron chi connectivity index (χ2n) is 9.40. The van der Waals surface area contributed by atoms with Gasteiger partial charge in [0.1, 0.15) is 17.1 Å². The molecule has 0 aromatic heterocycles. The van der Waals surface area contributed by atoms with E-state index in [9.17, 15) is 14.4 Å². The van der Waals surface area contributed by atoms with Crippen molar-refractivity contribution >= 4 is 40.9 Å². The molecule has 2 heterocycles. The van der Waals surface area contributed by atoms with Gasteiger partial charge in [-0.3, -0.25) is 14.9 Å². The van der Waals surface area contributed by atoms with Crippen LogP contribution in [0.15, 0.2) is 48.0 Å². The maximum absolute atomic E-state index is 13.4. The summed E-state index contributed by atoms with van der Waals surface area (Å²) in [5.41, 5.74) is 3.70. The van der Waals surface area contributed by atoms with Crippen LogP contribution in [0.4, 0.5) is 16.2 Å². The number of anilines is 2. The lowest BCUT2D eigenvalue weighted by Gasteiger charge is -2.43. The highest BCUT2D eigenvalue weighted by atomic mass is 16.5. The first-order chi connectivity index (χ1) is 17.1. The molecular weight excluding hydrogens is 458 g/mol. The number of nitrogens with one attached hydrogen (secondary N) is 1. The molecule has 188 valence electrons. The van der Waals surface area contributed by atoms with E-state index < -0.39 is 17.8 Å². The smallest absolute Gasteiger partial charge is 0.335 e. The number of methoxy groups -OCH3 is 2. The summed E-state index contributed by atoms with van der Waals surface area (Å²) in [7, 11) is 3.08. The number of nitrogens with zero attached hydrogens (tertiary/aromatic N) is 2. The van der Waals surface area contributed by atoms with Gasteiger partial charge in [0.05, 0.1) is 25.4 Å². The minimum absolute atomic E-state index is 0.160. The average molecular weight is 490 g/mol. The zero-order valence-electron chi connectivity index (χ0n) is 21.5. The standard InChI is InChI=1S/C28H31N3O5/c1-7-12-30-23-15-24(36-6)18(13-21(23)17(2)16-28(30,3)4)14-22-25(32)29-27(34)31(26(22)33)19-8-10-20(35-5)11-9-19/h8-11,13-16H,7,12H2,1-6H3,(H,29,32,34)/b22-14-. The molecular formula is C28H31N3O5. The molecule has 8 heteroatoms. The van der Waals surface area contributed by atoms with E-state index >= 15 is 0 Å². The van der Waals surface area contributed by atoms with E-state index in [2.05, 4.69) is 44.0 Å². The summed E-state index contributed by atoms with van der Waals surface area (Å²) >= 11 is 0. The topological polar surface area (TPSA) is 88.2 Å². The van der Waals surface area contributed by atoms with Crippen molar-refractivity contribution in [3.05, 3.63) is 59.2 Å². The molecule has 0 unspecified atom stereocenters. The number of allylic oxidation sites excluding steroid dienone is 1. The Hall–Kier alpha value is -4.07. The molecule has 1 saturated heterocycles. The van der Waals surface area contributed by atoms with Gasteiger partial charge in [-0.2, -0.15) is 0 Å². The van der Waals surface area contributed by atoms with Crippen LogP contribution in [-0.2, 0) is 9.59 Å². The zero-order valence-corrected chi connectivity index (χ0v) is 21.5. The Balaban J connectivity index is 1.80. The van der Waals surface area contributed by atoms with Gasteiger partial charge >= 0.3 is 6.03 Å². The van der Waals surface area contributed by atoms with Gasteiger partial charge in [0.25, 0.3) is 11.8 Å². The zero-order chi connectivity index (χ0) is 26.2. The number of fused-ring (bicyclic) bond motifs is 1. The largest absolute Gasteiger partial charge is 0.497 e. The van der Waals surface area contributed by atoms with Gasteiger partial charge in [-0.15, -0.1) is 0 Å². The number of benzene rings is 2. The maximum Gasteiger partial charge on any atom is 0.335 e. The number of urea groups is 1. The van der Waals surface area contributed by atoms with Crippen molar-refractivity contribution in [3.8, 4) is 11.5 Å². The van der Waals surface area contributed by atoms with Crippen LogP contribution in [0.2, 0.25) is 0 Å². The fourth-order valence-corrected chi connectivity index (χ4v) is 4.82. The molecule has 8 nitrogen and oxygen atoms in total. The third-order valence-electron chi connectivity index (χ3n) is 6.51. The van der Waals surface area contributed by atoms with Crippen molar-refractivity contribution in [2.45, 2.75) is 39.7 Å². The van der Waals surface area contributed by atoms with Crippen LogP contribution in [0, 0.1) is 0 Å². The van der Waals surface area contributed by atoms with Crippen LogP contribution in [0.3, 0.4) is 0 Å². The second kappa shape index (κ2) is 9.53. The number of imide groups is 2. The van der Waals surface area contributed by atoms with E-state index in [0.717, 1.165) is 34.7 Å². The predicted octanol–water partition coefficient (Wildman–Crippen LogP) is 4.78. The highest BCUT2D eigenvalue weighted by Gasteiger charge is 2.37. The van der Waals surface area contributed by atoms with Gasteiger partial charge in [0.15, 0.2) is 0 Å². The Morgan fingerprint density at radius 1 is 1.03 bits per heavy atom. The van der Waals surface area contributed by atoms with Gasteiger partial charge in [-0.25, -0.2) is 9.69 Å². The van der Waals surface area contributed by atoms with Crippen molar-refractivity contribution < 1.29 is 23.9 Å². The number of barbiturate groups is 1. The summed E-state index contributed by atoms with van der Waals surface area (Å²) in [6.45, 7) is 9.41. The average Bonchev–Trinajstić information content (AvgIpc) is 2.84. The van der Waals surface area contributed by atoms with Crippen LogP contribution in [-0.4, -0.2) is 44.1 Å². The van der Waals surface area contributed by atoms with E-state index in [1.165, 1.54) is 13.2 Å². The van der Waals surface area contributed by atoms with Crippen LogP contribution in [0.25, 0.3) is 11.6 Å². The number of amides is 4. The number of carbonyl (C=O) groups excluding carboxylic acids is 3. The third-order valence-corrected chi connectivity index (χ3v) is 6.51. The molecule has 2 aromatic carbocycles. The molecule has 0 aliphatic carbocycles. The summed E-state index contributed by atoms with van der Waals surface area (Å²) < 4.78 is 10.8. The Morgan fingerprint density at radius 2 is 1.72 bits per heavy atom. The second-order valence-corrected chi connectivity index (χ2v) is 9.40. The Kier molecular flexibility index (Phi) is 6.63.